The van der Waals surface area contributed by atoms with E-state index in [9.17, 15) is 14.9 Å². The summed E-state index contributed by atoms with van der Waals surface area (Å²) in [5.74, 6) is 1.21. The van der Waals surface area contributed by atoms with E-state index in [1.54, 1.807) is 12.1 Å². The largest absolute Gasteiger partial charge is 0.487 e. The number of nitrogens with one attached hydrogen (secondary N) is 1. The predicted octanol–water partition coefficient (Wildman–Crippen LogP) is 6.06. The molecule has 2 N–H and O–H groups in total. The molecule has 3 heterocycles. The summed E-state index contributed by atoms with van der Waals surface area (Å²) in [6, 6.07) is 17.6. The molecule has 2 aliphatic heterocycles. The lowest BCUT2D eigenvalue weighted by atomic mass is 9.48. The number of carboxylic acid groups (broad SMARTS) is 1. The smallest absolute Gasteiger partial charge is 0.337 e. The van der Waals surface area contributed by atoms with E-state index in [1.807, 2.05) is 38.1 Å². The number of hydrogen-bond acceptors (Lipinski definition) is 8. The van der Waals surface area contributed by atoms with Gasteiger partial charge < -0.3 is 25.0 Å². The van der Waals surface area contributed by atoms with Gasteiger partial charge in [-0.3, -0.25) is 9.69 Å². The van der Waals surface area contributed by atoms with Crippen LogP contribution in [0, 0.1) is 36.5 Å². The Balaban J connectivity index is 0.966. The van der Waals surface area contributed by atoms with Crippen molar-refractivity contribution in [3.63, 3.8) is 0 Å². The highest BCUT2D eigenvalue weighted by atomic mass is 16.5. The van der Waals surface area contributed by atoms with Crippen molar-refractivity contribution in [2.24, 2.45) is 11.3 Å². The summed E-state index contributed by atoms with van der Waals surface area (Å²) in [5, 5.41) is 21.9. The lowest BCUT2D eigenvalue weighted by Gasteiger charge is -2.65. The zero-order chi connectivity index (χ0) is 35.8. The van der Waals surface area contributed by atoms with Crippen LogP contribution in [0.15, 0.2) is 54.7 Å². The second-order valence-corrected chi connectivity index (χ2v) is 15.4. The zero-order valence-electron chi connectivity index (χ0n) is 30.3. The Morgan fingerprint density at radius 2 is 1.54 bits per heavy atom. The van der Waals surface area contributed by atoms with Gasteiger partial charge in [-0.2, -0.15) is 5.26 Å². The van der Waals surface area contributed by atoms with E-state index in [0.717, 1.165) is 87.0 Å². The number of pyridine rings is 1. The fourth-order valence-electron chi connectivity index (χ4n) is 8.12. The van der Waals surface area contributed by atoms with Crippen molar-refractivity contribution in [2.45, 2.75) is 71.9 Å². The first-order valence-electron chi connectivity index (χ1n) is 17.8. The first kappa shape index (κ1) is 35.2. The highest BCUT2D eigenvalue weighted by Crippen LogP contribution is 2.58. The third kappa shape index (κ3) is 6.76. The second kappa shape index (κ2) is 13.6. The number of nitriles is 1. The number of carboxylic acids is 1. The van der Waals surface area contributed by atoms with Crippen molar-refractivity contribution in [2.75, 3.05) is 55.6 Å². The molecule has 10 heteroatoms. The van der Waals surface area contributed by atoms with Crippen LogP contribution in [0.5, 0.6) is 5.75 Å². The molecule has 3 aromatic rings. The van der Waals surface area contributed by atoms with Crippen LogP contribution in [0.1, 0.15) is 84.4 Å². The molecule has 2 aromatic carbocycles. The molecule has 6 rings (SSSR count). The minimum atomic E-state index is -0.953. The molecule has 50 heavy (non-hydrogen) atoms. The maximum atomic E-state index is 13.5. The molecular formula is C40H50N6O4. The summed E-state index contributed by atoms with van der Waals surface area (Å²) in [7, 11) is 0. The lowest BCUT2D eigenvalue weighted by Crippen LogP contribution is -2.77. The SMILES string of the molecule is Cc1cc(OC2(C)CC(C)(NC(=O)c3ccc(N4CCC(CN5CCN(c6ccc(C(=O)O)cn6)CC5)CC4)cc3)C2(C)C)cc(C)c1C#N. The zero-order valence-corrected chi connectivity index (χ0v) is 30.3. The van der Waals surface area contributed by atoms with Crippen LogP contribution in [0.3, 0.4) is 0 Å². The number of piperidine rings is 1. The Bertz CT molecular complexity index is 1750. The fraction of sp³-hybridized carbons (Fsp3) is 0.500. The topological polar surface area (TPSA) is 122 Å². The molecule has 1 amide bonds. The van der Waals surface area contributed by atoms with Crippen molar-refractivity contribution < 1.29 is 19.4 Å². The van der Waals surface area contributed by atoms with Crippen molar-refractivity contribution in [3.05, 3.63) is 82.5 Å². The molecule has 1 aromatic heterocycles. The van der Waals surface area contributed by atoms with Crippen LogP contribution in [0.4, 0.5) is 11.5 Å². The van der Waals surface area contributed by atoms with Crippen LogP contribution < -0.4 is 19.9 Å². The van der Waals surface area contributed by atoms with Crippen molar-refractivity contribution in [3.8, 4) is 11.8 Å². The molecule has 3 aliphatic rings. The van der Waals surface area contributed by atoms with Crippen molar-refractivity contribution in [1.29, 1.82) is 5.26 Å². The van der Waals surface area contributed by atoms with Gasteiger partial charge in [0.15, 0.2) is 0 Å². The standard InChI is InChI=1S/C40H50N6O4/c1-27-21-33(22-28(2)34(27)23-41)50-40(6)26-39(5,38(40,3)4)43-36(47)30-7-10-32(11-8-30)45-15-13-29(14-16-45)25-44-17-19-46(20-18-44)35-12-9-31(24-42-35)37(48)49/h7-12,21-22,24,29H,13-20,25-26H2,1-6H3,(H,43,47)(H,48,49). The highest BCUT2D eigenvalue weighted by molar-refractivity contribution is 5.95. The molecular weight excluding hydrogens is 628 g/mol. The summed E-state index contributed by atoms with van der Waals surface area (Å²) in [5.41, 5.74) is 3.23. The number of piperazine rings is 1. The van der Waals surface area contributed by atoms with Gasteiger partial charge in [-0.05, 0) is 106 Å². The Morgan fingerprint density at radius 3 is 2.08 bits per heavy atom. The van der Waals surface area contributed by atoms with E-state index in [1.165, 1.54) is 6.20 Å². The summed E-state index contributed by atoms with van der Waals surface area (Å²) < 4.78 is 6.57. The highest BCUT2D eigenvalue weighted by Gasteiger charge is 2.67. The van der Waals surface area contributed by atoms with Crippen LogP contribution in [-0.4, -0.2) is 83.8 Å². The van der Waals surface area contributed by atoms with Crippen LogP contribution in [0.2, 0.25) is 0 Å². The van der Waals surface area contributed by atoms with Gasteiger partial charge in [0, 0.05) is 75.1 Å². The summed E-state index contributed by atoms with van der Waals surface area (Å²) in [6.07, 6.45) is 4.37. The van der Waals surface area contributed by atoms with E-state index in [-0.39, 0.29) is 16.9 Å². The molecule has 0 bridgehead atoms. The first-order valence-corrected chi connectivity index (χ1v) is 17.8. The van der Waals surface area contributed by atoms with Crippen LogP contribution in [-0.2, 0) is 0 Å². The number of aromatic carboxylic acids is 1. The number of ether oxygens (including phenoxy) is 1. The third-order valence-electron chi connectivity index (χ3n) is 12.1. The minimum absolute atomic E-state index is 0.0777. The molecule has 2 saturated heterocycles. The van der Waals surface area contributed by atoms with Crippen LogP contribution >= 0.6 is 0 Å². The van der Waals surface area contributed by atoms with E-state index >= 15 is 0 Å². The van der Waals surface area contributed by atoms with Gasteiger partial charge in [0.2, 0.25) is 0 Å². The maximum absolute atomic E-state index is 13.5. The average Bonchev–Trinajstić information content (AvgIpc) is 3.09. The van der Waals surface area contributed by atoms with Gasteiger partial charge in [0.25, 0.3) is 5.91 Å². The fourth-order valence-corrected chi connectivity index (χ4v) is 8.12. The summed E-state index contributed by atoms with van der Waals surface area (Å²) >= 11 is 0. The van der Waals surface area contributed by atoms with Gasteiger partial charge >= 0.3 is 5.97 Å². The Kier molecular flexibility index (Phi) is 9.57. The molecule has 10 nitrogen and oxygen atoms in total. The van der Waals surface area contributed by atoms with Crippen molar-refractivity contribution >= 4 is 23.4 Å². The number of benzene rings is 2. The second-order valence-electron chi connectivity index (χ2n) is 15.4. The Hall–Kier alpha value is -4.62. The van der Waals surface area contributed by atoms with Gasteiger partial charge in [-0.15, -0.1) is 0 Å². The Morgan fingerprint density at radius 1 is 0.920 bits per heavy atom. The molecule has 2 unspecified atom stereocenters. The molecule has 264 valence electrons. The van der Waals surface area contributed by atoms with Crippen LogP contribution in [0.25, 0.3) is 0 Å². The number of aromatic nitrogens is 1. The lowest BCUT2D eigenvalue weighted by molar-refractivity contribution is -0.180. The number of amides is 1. The Labute approximate surface area is 296 Å². The molecule has 1 saturated carbocycles. The van der Waals surface area contributed by atoms with E-state index in [4.69, 9.17) is 9.84 Å². The number of carbonyl (C=O) groups is 2. The average molecular weight is 679 g/mol. The quantitative estimate of drug-likeness (QED) is 0.278. The van der Waals surface area contributed by atoms with E-state index < -0.39 is 17.1 Å². The number of aryl methyl sites for hydroxylation is 2. The van der Waals surface area contributed by atoms with Crippen molar-refractivity contribution in [1.82, 2.24) is 15.2 Å². The number of nitrogens with zero attached hydrogens (tertiary/aromatic N) is 5. The summed E-state index contributed by atoms with van der Waals surface area (Å²) in [6.45, 7) is 19.2. The molecule has 0 radical (unpaired) electrons. The van der Waals surface area contributed by atoms with Gasteiger partial charge in [-0.25, -0.2) is 9.78 Å². The van der Waals surface area contributed by atoms with E-state index in [0.29, 0.717) is 23.5 Å². The van der Waals surface area contributed by atoms with Gasteiger partial charge in [-0.1, -0.05) is 13.8 Å². The number of carbonyl (C=O) groups excluding carboxylic acids is 1. The maximum Gasteiger partial charge on any atom is 0.337 e. The molecule has 3 fully saturated rings. The molecule has 2 atom stereocenters. The predicted molar refractivity (Wildman–Crippen MR) is 195 cm³/mol. The first-order chi connectivity index (χ1) is 23.7. The molecule has 0 spiro atoms. The summed E-state index contributed by atoms with van der Waals surface area (Å²) in [4.78, 5) is 36.2. The molecule has 1 aliphatic carbocycles. The third-order valence-corrected chi connectivity index (χ3v) is 12.1. The number of rotatable bonds is 9. The monoisotopic (exact) mass is 678 g/mol. The number of anilines is 2. The number of hydrogen-bond donors (Lipinski definition) is 2. The van der Waals surface area contributed by atoms with Gasteiger partial charge in [0.1, 0.15) is 17.2 Å². The minimum Gasteiger partial charge on any atom is -0.487 e. The van der Waals surface area contributed by atoms with Gasteiger partial charge in [0.05, 0.1) is 22.7 Å². The van der Waals surface area contributed by atoms with E-state index in [2.05, 4.69) is 70.9 Å². The normalized spacial score (nSPS) is 23.9.